The lowest BCUT2D eigenvalue weighted by Gasteiger charge is -2.18. The molecule has 0 aromatic heterocycles. The molecular weight excluding hydrogens is 489 g/mol. The molecule has 4 rings (SSSR count). The number of halogens is 2. The highest BCUT2D eigenvalue weighted by atomic mass is 35.5. The predicted molar refractivity (Wildman–Crippen MR) is 133 cm³/mol. The quantitative estimate of drug-likeness (QED) is 0.338. The van der Waals surface area contributed by atoms with Crippen LogP contribution in [0.5, 0.6) is 11.5 Å². The molecule has 9 heteroatoms. The van der Waals surface area contributed by atoms with E-state index in [9.17, 15) is 4.79 Å². The minimum absolute atomic E-state index is 0.0579. The zero-order valence-corrected chi connectivity index (χ0v) is 20.5. The van der Waals surface area contributed by atoms with Gasteiger partial charge in [0, 0.05) is 22.2 Å². The Bertz CT molecular complexity index is 1070. The number of methoxy groups -OCH3 is 1. The minimum Gasteiger partial charge on any atom is -0.493 e. The van der Waals surface area contributed by atoms with Crippen LogP contribution in [0.25, 0.3) is 6.08 Å². The number of rotatable bonds is 7. The van der Waals surface area contributed by atoms with Gasteiger partial charge in [-0.05, 0) is 48.7 Å². The maximum Gasteiger partial charge on any atom is 0.266 e. The zero-order valence-electron chi connectivity index (χ0n) is 17.3. The maximum absolute atomic E-state index is 12.9. The summed E-state index contributed by atoms with van der Waals surface area (Å²) in [5.74, 6) is 1.03. The van der Waals surface area contributed by atoms with E-state index in [1.165, 1.54) is 11.8 Å². The molecular formula is C23H21Cl2NO4S2. The normalized spacial score (nSPS) is 19.8. The summed E-state index contributed by atoms with van der Waals surface area (Å²) in [6.07, 6.45) is 3.85. The average molecular weight is 510 g/mol. The highest BCUT2D eigenvalue weighted by molar-refractivity contribution is 8.26. The Kier molecular flexibility index (Phi) is 7.63. The summed E-state index contributed by atoms with van der Waals surface area (Å²) in [6.45, 7) is 1.52. The van der Waals surface area contributed by atoms with Crippen molar-refractivity contribution in [2.45, 2.75) is 25.6 Å². The van der Waals surface area contributed by atoms with Crippen LogP contribution < -0.4 is 9.47 Å². The molecule has 0 radical (unpaired) electrons. The van der Waals surface area contributed by atoms with E-state index in [4.69, 9.17) is 49.6 Å². The van der Waals surface area contributed by atoms with Gasteiger partial charge >= 0.3 is 0 Å². The largest absolute Gasteiger partial charge is 0.493 e. The lowest BCUT2D eigenvalue weighted by atomic mass is 10.1. The Hall–Kier alpha value is -1.77. The first kappa shape index (κ1) is 23.4. The zero-order chi connectivity index (χ0) is 22.7. The van der Waals surface area contributed by atoms with Crippen LogP contribution in [0.3, 0.4) is 0 Å². The highest BCUT2D eigenvalue weighted by Crippen LogP contribution is 2.36. The Balaban J connectivity index is 1.46. The molecule has 2 aliphatic heterocycles. The second-order valence-corrected chi connectivity index (χ2v) is 9.88. The van der Waals surface area contributed by atoms with E-state index in [1.54, 1.807) is 24.1 Å². The second kappa shape index (κ2) is 10.4. The van der Waals surface area contributed by atoms with Crippen molar-refractivity contribution in [2.24, 2.45) is 0 Å². The Morgan fingerprint density at radius 1 is 1.25 bits per heavy atom. The summed E-state index contributed by atoms with van der Waals surface area (Å²) < 4.78 is 17.6. The second-order valence-electron chi connectivity index (χ2n) is 7.36. The molecule has 2 aromatic carbocycles. The summed E-state index contributed by atoms with van der Waals surface area (Å²) in [4.78, 5) is 15.1. The van der Waals surface area contributed by atoms with Gasteiger partial charge in [-0.2, -0.15) is 0 Å². The van der Waals surface area contributed by atoms with Gasteiger partial charge in [0.15, 0.2) is 11.5 Å². The third kappa shape index (κ3) is 5.41. The molecule has 2 aromatic rings. The number of benzene rings is 2. The number of nitrogens with zero attached hydrogens (tertiary/aromatic N) is 1. The van der Waals surface area contributed by atoms with Gasteiger partial charge in [0.05, 0.1) is 24.7 Å². The summed E-state index contributed by atoms with van der Waals surface area (Å²) in [5.41, 5.74) is 1.63. The summed E-state index contributed by atoms with van der Waals surface area (Å²) in [6, 6.07) is 10.8. The number of hydrogen-bond donors (Lipinski definition) is 0. The van der Waals surface area contributed by atoms with E-state index >= 15 is 0 Å². The van der Waals surface area contributed by atoms with Gasteiger partial charge < -0.3 is 14.2 Å². The van der Waals surface area contributed by atoms with Gasteiger partial charge in [-0.25, -0.2) is 0 Å². The maximum atomic E-state index is 12.9. The number of thiocarbonyl (C=S) groups is 1. The average Bonchev–Trinajstić information content (AvgIpc) is 3.38. The Morgan fingerprint density at radius 3 is 2.81 bits per heavy atom. The van der Waals surface area contributed by atoms with Crippen LogP contribution in [0.4, 0.5) is 0 Å². The number of amides is 1. The van der Waals surface area contributed by atoms with Crippen LogP contribution in [0.2, 0.25) is 10.0 Å². The lowest BCUT2D eigenvalue weighted by molar-refractivity contribution is -0.123. The van der Waals surface area contributed by atoms with Crippen molar-refractivity contribution in [2.75, 3.05) is 20.3 Å². The van der Waals surface area contributed by atoms with E-state index in [1.807, 2.05) is 30.3 Å². The topological polar surface area (TPSA) is 48.0 Å². The van der Waals surface area contributed by atoms with Crippen LogP contribution in [0, 0.1) is 0 Å². The fraction of sp³-hybridized carbons (Fsp3) is 0.304. The van der Waals surface area contributed by atoms with Gasteiger partial charge in [-0.15, -0.1) is 0 Å². The standard InChI is InChI=1S/C23H21Cl2NO4S2/c1-28-20-9-14(4-7-19(20)30-13-15-5-6-16(24)11-18(15)25)10-21-22(27)26(23(31)32-21)12-17-3-2-8-29-17/h4-7,9-11,17H,2-3,8,12-13H2,1H3/b21-10-/t17-/m0/s1. The van der Waals surface area contributed by atoms with Crippen molar-refractivity contribution in [3.8, 4) is 11.5 Å². The van der Waals surface area contributed by atoms with E-state index in [0.29, 0.717) is 37.3 Å². The minimum atomic E-state index is -0.0906. The molecule has 2 aliphatic rings. The van der Waals surface area contributed by atoms with Crippen LogP contribution >= 0.6 is 47.2 Å². The molecule has 1 atom stereocenters. The molecule has 2 saturated heterocycles. The molecule has 0 bridgehead atoms. The van der Waals surface area contributed by atoms with Crippen LogP contribution in [-0.4, -0.2) is 41.5 Å². The van der Waals surface area contributed by atoms with Gasteiger partial charge in [0.1, 0.15) is 10.9 Å². The number of carbonyl (C=O) groups excluding carboxylic acids is 1. The van der Waals surface area contributed by atoms with Crippen molar-refractivity contribution in [1.29, 1.82) is 0 Å². The molecule has 0 aliphatic carbocycles. The van der Waals surface area contributed by atoms with Crippen molar-refractivity contribution in [3.05, 3.63) is 62.5 Å². The van der Waals surface area contributed by atoms with Gasteiger partial charge in [-0.3, -0.25) is 9.69 Å². The molecule has 0 saturated carbocycles. The SMILES string of the molecule is COc1cc(/C=C2\SC(=S)N(C[C@@H]3CCCO3)C2=O)ccc1OCc1ccc(Cl)cc1Cl. The Labute approximate surface area is 206 Å². The van der Waals surface area contributed by atoms with Crippen molar-refractivity contribution in [3.63, 3.8) is 0 Å². The summed E-state index contributed by atoms with van der Waals surface area (Å²) in [5, 5.41) is 1.11. The predicted octanol–water partition coefficient (Wildman–Crippen LogP) is 5.96. The van der Waals surface area contributed by atoms with Crippen LogP contribution in [0.15, 0.2) is 41.3 Å². The molecule has 0 unspecified atom stereocenters. The van der Waals surface area contributed by atoms with Crippen molar-refractivity contribution in [1.82, 2.24) is 4.90 Å². The molecule has 168 valence electrons. The molecule has 32 heavy (non-hydrogen) atoms. The fourth-order valence-electron chi connectivity index (χ4n) is 3.49. The molecule has 0 spiro atoms. The van der Waals surface area contributed by atoms with Gasteiger partial charge in [-0.1, -0.05) is 59.3 Å². The lowest BCUT2D eigenvalue weighted by Crippen LogP contribution is -2.35. The first-order valence-electron chi connectivity index (χ1n) is 10.1. The number of carbonyl (C=O) groups is 1. The smallest absolute Gasteiger partial charge is 0.266 e. The highest BCUT2D eigenvalue weighted by Gasteiger charge is 2.34. The third-order valence-electron chi connectivity index (χ3n) is 5.17. The number of thioether (sulfide) groups is 1. The molecule has 0 N–H and O–H groups in total. The molecule has 5 nitrogen and oxygen atoms in total. The first-order chi connectivity index (χ1) is 15.4. The van der Waals surface area contributed by atoms with Crippen LogP contribution in [0.1, 0.15) is 24.0 Å². The molecule has 1 amide bonds. The van der Waals surface area contributed by atoms with E-state index in [2.05, 4.69) is 0 Å². The van der Waals surface area contributed by atoms with Crippen molar-refractivity contribution < 1.29 is 19.0 Å². The Morgan fingerprint density at radius 2 is 2.09 bits per heavy atom. The summed E-state index contributed by atoms with van der Waals surface area (Å²) in [7, 11) is 1.57. The monoisotopic (exact) mass is 509 g/mol. The molecule has 2 fully saturated rings. The van der Waals surface area contributed by atoms with E-state index < -0.39 is 0 Å². The third-order valence-corrected chi connectivity index (χ3v) is 7.13. The summed E-state index contributed by atoms with van der Waals surface area (Å²) >= 11 is 18.9. The van der Waals surface area contributed by atoms with E-state index in [-0.39, 0.29) is 18.6 Å². The van der Waals surface area contributed by atoms with Crippen LogP contribution in [-0.2, 0) is 16.1 Å². The first-order valence-corrected chi connectivity index (χ1v) is 12.0. The number of ether oxygens (including phenoxy) is 3. The molecule has 2 heterocycles. The number of hydrogen-bond acceptors (Lipinski definition) is 6. The van der Waals surface area contributed by atoms with Gasteiger partial charge in [0.2, 0.25) is 0 Å². The van der Waals surface area contributed by atoms with Crippen molar-refractivity contribution >= 4 is 63.5 Å². The fourth-order valence-corrected chi connectivity index (χ4v) is 5.23. The van der Waals surface area contributed by atoms with Gasteiger partial charge in [0.25, 0.3) is 5.91 Å². The van der Waals surface area contributed by atoms with E-state index in [0.717, 1.165) is 30.6 Å².